The van der Waals surface area contributed by atoms with Crippen molar-refractivity contribution in [1.29, 1.82) is 0 Å². The van der Waals surface area contributed by atoms with Crippen molar-refractivity contribution in [3.63, 3.8) is 0 Å². The zero-order valence-corrected chi connectivity index (χ0v) is 20.5. The third-order valence-corrected chi connectivity index (χ3v) is 4.45. The van der Waals surface area contributed by atoms with Gasteiger partial charge in [-0.25, -0.2) is 0 Å². The summed E-state index contributed by atoms with van der Waals surface area (Å²) < 4.78 is 0. The van der Waals surface area contributed by atoms with Gasteiger partial charge in [0.1, 0.15) is 0 Å². The van der Waals surface area contributed by atoms with E-state index in [0.29, 0.717) is 30.7 Å². The highest BCUT2D eigenvalue weighted by molar-refractivity contribution is 14.0. The third-order valence-electron chi connectivity index (χ3n) is 4.45. The Hall–Kier alpha value is -1.35. The van der Waals surface area contributed by atoms with Crippen molar-refractivity contribution in [3.05, 3.63) is 35.4 Å². The molecule has 0 saturated heterocycles. The normalized spacial score (nSPS) is 11.5. The molecule has 1 rings (SSSR count). The first-order valence-corrected chi connectivity index (χ1v) is 9.96. The van der Waals surface area contributed by atoms with Crippen LogP contribution < -0.4 is 16.0 Å². The summed E-state index contributed by atoms with van der Waals surface area (Å²) in [6.45, 7) is 14.1. The molecule has 0 atom stereocenters. The van der Waals surface area contributed by atoms with Crippen molar-refractivity contribution in [2.24, 2.45) is 4.99 Å². The zero-order valence-electron chi connectivity index (χ0n) is 18.2. The van der Waals surface area contributed by atoms with E-state index in [9.17, 15) is 4.79 Å². The summed E-state index contributed by atoms with van der Waals surface area (Å²) in [6.07, 6.45) is 1.07. The Morgan fingerprint density at radius 3 is 2.14 bits per heavy atom. The van der Waals surface area contributed by atoms with Crippen molar-refractivity contribution < 1.29 is 4.79 Å². The van der Waals surface area contributed by atoms with Gasteiger partial charge < -0.3 is 16.0 Å². The van der Waals surface area contributed by atoms with Gasteiger partial charge in [-0.1, -0.05) is 12.1 Å². The van der Waals surface area contributed by atoms with Gasteiger partial charge in [0.05, 0.1) is 0 Å². The highest BCUT2D eigenvalue weighted by Gasteiger charge is 2.12. The maximum absolute atomic E-state index is 11.8. The number of rotatable bonds is 10. The van der Waals surface area contributed by atoms with Gasteiger partial charge in [-0.15, -0.1) is 24.0 Å². The summed E-state index contributed by atoms with van der Waals surface area (Å²) in [6, 6.07) is 8.76. The maximum Gasteiger partial charge on any atom is 0.251 e. The fraction of sp³-hybridized carbons (Fsp3) is 0.619. The number of hydrogen-bond donors (Lipinski definition) is 3. The minimum absolute atomic E-state index is 0. The summed E-state index contributed by atoms with van der Waals surface area (Å²) in [7, 11) is 1.78. The lowest BCUT2D eigenvalue weighted by Gasteiger charge is -2.30. The van der Waals surface area contributed by atoms with Crippen molar-refractivity contribution in [1.82, 2.24) is 20.9 Å². The number of aliphatic imine (C=N–C) groups is 1. The maximum atomic E-state index is 11.8. The number of guanidine groups is 1. The number of amides is 1. The summed E-state index contributed by atoms with van der Waals surface area (Å²) in [5, 5.41) is 9.49. The van der Waals surface area contributed by atoms with E-state index in [1.807, 2.05) is 31.2 Å². The summed E-state index contributed by atoms with van der Waals surface area (Å²) in [5.41, 5.74) is 1.79. The van der Waals surface area contributed by atoms with Crippen LogP contribution in [0.1, 0.15) is 57.0 Å². The van der Waals surface area contributed by atoms with Crippen LogP contribution in [-0.4, -0.2) is 55.5 Å². The number of carbonyl (C=O) groups excluding carboxylic acids is 1. The predicted molar refractivity (Wildman–Crippen MR) is 130 cm³/mol. The standard InChI is InChI=1S/C21H37N5O.HI/c1-7-23-20(27)19-11-9-18(10-12-19)15-25-21(22-6)24-13-8-14-26(16(2)3)17(4)5;/h9-12,16-17H,7-8,13-15H2,1-6H3,(H,23,27)(H2,22,24,25);1H. The lowest BCUT2D eigenvalue weighted by atomic mass is 10.1. The van der Waals surface area contributed by atoms with E-state index < -0.39 is 0 Å². The second kappa shape index (κ2) is 14.6. The first-order valence-electron chi connectivity index (χ1n) is 9.96. The molecule has 7 heteroatoms. The molecular weight excluding hydrogens is 465 g/mol. The molecule has 0 fully saturated rings. The number of nitrogens with zero attached hydrogens (tertiary/aromatic N) is 2. The van der Waals surface area contributed by atoms with Gasteiger partial charge in [0, 0.05) is 50.9 Å². The zero-order chi connectivity index (χ0) is 20.2. The van der Waals surface area contributed by atoms with Crippen LogP contribution in [0.15, 0.2) is 29.3 Å². The van der Waals surface area contributed by atoms with Crippen LogP contribution in [0.4, 0.5) is 0 Å². The molecule has 0 aromatic heterocycles. The number of hydrogen-bond acceptors (Lipinski definition) is 3. The minimum atomic E-state index is -0.0358. The number of carbonyl (C=O) groups is 1. The molecule has 1 aromatic rings. The van der Waals surface area contributed by atoms with Crippen LogP contribution in [0.2, 0.25) is 0 Å². The second-order valence-electron chi connectivity index (χ2n) is 7.19. The van der Waals surface area contributed by atoms with Crippen molar-refractivity contribution >= 4 is 35.8 Å². The number of benzene rings is 1. The molecule has 0 bridgehead atoms. The molecule has 0 heterocycles. The van der Waals surface area contributed by atoms with Crippen LogP contribution in [0.25, 0.3) is 0 Å². The van der Waals surface area contributed by atoms with E-state index in [-0.39, 0.29) is 29.9 Å². The fourth-order valence-corrected chi connectivity index (χ4v) is 3.02. The van der Waals surface area contributed by atoms with Gasteiger partial charge in [0.25, 0.3) is 5.91 Å². The third kappa shape index (κ3) is 9.73. The molecule has 0 aliphatic rings. The molecule has 6 nitrogen and oxygen atoms in total. The number of nitrogens with one attached hydrogen (secondary N) is 3. The van der Waals surface area contributed by atoms with Crippen LogP contribution in [0.3, 0.4) is 0 Å². The Labute approximate surface area is 188 Å². The van der Waals surface area contributed by atoms with E-state index >= 15 is 0 Å². The van der Waals surface area contributed by atoms with Gasteiger partial charge in [0.2, 0.25) is 0 Å². The van der Waals surface area contributed by atoms with Crippen LogP contribution in [0.5, 0.6) is 0 Å². The van der Waals surface area contributed by atoms with Gasteiger partial charge in [-0.3, -0.25) is 14.7 Å². The molecule has 1 aromatic carbocycles. The summed E-state index contributed by atoms with van der Waals surface area (Å²) in [5.74, 6) is 0.759. The molecule has 0 saturated carbocycles. The van der Waals surface area contributed by atoms with Gasteiger partial charge in [-0.05, 0) is 58.7 Å². The Morgan fingerprint density at radius 1 is 1.04 bits per heavy atom. The topological polar surface area (TPSA) is 68.8 Å². The Bertz CT molecular complexity index is 579. The molecule has 0 radical (unpaired) electrons. The predicted octanol–water partition coefficient (Wildman–Crippen LogP) is 3.23. The van der Waals surface area contributed by atoms with Gasteiger partial charge in [-0.2, -0.15) is 0 Å². The minimum Gasteiger partial charge on any atom is -0.356 e. The molecule has 28 heavy (non-hydrogen) atoms. The first-order chi connectivity index (χ1) is 12.9. The van der Waals surface area contributed by atoms with E-state index in [2.05, 4.69) is 53.5 Å². The van der Waals surface area contributed by atoms with E-state index in [1.54, 1.807) is 7.05 Å². The number of halogens is 1. The Balaban J connectivity index is 0.00000729. The molecule has 0 unspecified atom stereocenters. The fourth-order valence-electron chi connectivity index (χ4n) is 3.02. The lowest BCUT2D eigenvalue weighted by Crippen LogP contribution is -2.41. The molecule has 3 N–H and O–H groups in total. The average Bonchev–Trinajstić information content (AvgIpc) is 2.64. The monoisotopic (exact) mass is 503 g/mol. The quantitative estimate of drug-likeness (QED) is 0.199. The summed E-state index contributed by atoms with van der Waals surface area (Å²) in [4.78, 5) is 18.6. The van der Waals surface area contributed by atoms with E-state index in [1.165, 1.54) is 0 Å². The van der Waals surface area contributed by atoms with Gasteiger partial charge >= 0.3 is 0 Å². The molecular formula is C21H38IN5O. The highest BCUT2D eigenvalue weighted by Crippen LogP contribution is 2.06. The largest absolute Gasteiger partial charge is 0.356 e. The molecule has 1 amide bonds. The highest BCUT2D eigenvalue weighted by atomic mass is 127. The van der Waals surface area contributed by atoms with Crippen LogP contribution >= 0.6 is 24.0 Å². The SMILES string of the molecule is CCNC(=O)c1ccc(CNC(=NC)NCCCN(C(C)C)C(C)C)cc1.I. The van der Waals surface area contributed by atoms with E-state index in [4.69, 9.17) is 0 Å². The smallest absolute Gasteiger partial charge is 0.251 e. The van der Waals surface area contributed by atoms with E-state index in [0.717, 1.165) is 31.0 Å². The molecule has 0 spiro atoms. The lowest BCUT2D eigenvalue weighted by molar-refractivity contribution is 0.0956. The average molecular weight is 503 g/mol. The van der Waals surface area contributed by atoms with Gasteiger partial charge in [0.15, 0.2) is 5.96 Å². The molecule has 0 aliphatic heterocycles. The molecule has 0 aliphatic carbocycles. The second-order valence-corrected chi connectivity index (χ2v) is 7.19. The summed E-state index contributed by atoms with van der Waals surface area (Å²) >= 11 is 0. The Morgan fingerprint density at radius 2 is 1.64 bits per heavy atom. The van der Waals surface area contributed by atoms with Crippen molar-refractivity contribution in [2.75, 3.05) is 26.7 Å². The first kappa shape index (κ1) is 26.6. The van der Waals surface area contributed by atoms with Crippen molar-refractivity contribution in [2.45, 2.75) is 59.7 Å². The van der Waals surface area contributed by atoms with Crippen LogP contribution in [0, 0.1) is 0 Å². The van der Waals surface area contributed by atoms with Crippen LogP contribution in [-0.2, 0) is 6.54 Å². The molecule has 160 valence electrons. The van der Waals surface area contributed by atoms with Crippen molar-refractivity contribution in [3.8, 4) is 0 Å². The Kier molecular flexibility index (Phi) is 13.9.